The molecule has 0 saturated heterocycles. The van der Waals surface area contributed by atoms with E-state index in [1.165, 1.54) is 0 Å². The molecule has 0 heterocycles. The average Bonchev–Trinajstić information content (AvgIpc) is 2.20. The first-order valence-electron chi connectivity index (χ1n) is 7.34. The average molecular weight is 371 g/mol. The third-order valence-corrected chi connectivity index (χ3v) is 14.5. The molecule has 0 bridgehead atoms. The predicted octanol–water partition coefficient (Wildman–Crippen LogP) is 4.74. The Hall–Kier alpha value is 0.491. The molecule has 0 radical (unpaired) electrons. The van der Waals surface area contributed by atoms with Crippen LogP contribution < -0.4 is 11.5 Å². The van der Waals surface area contributed by atoms with E-state index in [1.54, 1.807) is 0 Å². The van der Waals surface area contributed by atoms with E-state index < -0.39 is 25.2 Å². The number of hydrogen-bond donors (Lipinski definition) is 2. The van der Waals surface area contributed by atoms with Gasteiger partial charge in [-0.15, -0.1) is 0 Å². The van der Waals surface area contributed by atoms with Crippen molar-refractivity contribution in [3.63, 3.8) is 0 Å². The summed E-state index contributed by atoms with van der Waals surface area (Å²) in [6.07, 6.45) is 2.11. The Balaban J connectivity index is -0.000000540. The first-order chi connectivity index (χ1) is 8.54. The SMILES string of the molecule is C.C.C.C[Si](C)(CCCN)O[Si](C)(C)O[Si](C)(C)CCCN. The highest BCUT2D eigenvalue weighted by atomic mass is 28.5. The summed E-state index contributed by atoms with van der Waals surface area (Å²) in [6, 6.07) is 2.24. The van der Waals surface area contributed by atoms with Crippen LogP contribution >= 0.6 is 0 Å². The highest BCUT2D eigenvalue weighted by Gasteiger charge is 2.38. The summed E-state index contributed by atoms with van der Waals surface area (Å²) in [5.41, 5.74) is 11.2. The Labute approximate surface area is 144 Å². The van der Waals surface area contributed by atoms with Crippen molar-refractivity contribution in [2.45, 2.75) is 86.5 Å². The molecule has 0 unspecified atom stereocenters. The normalized spacial score (nSPS) is 12.0. The fourth-order valence-corrected chi connectivity index (χ4v) is 16.6. The molecule has 0 aliphatic carbocycles. The van der Waals surface area contributed by atoms with Gasteiger partial charge >= 0.3 is 8.56 Å². The summed E-state index contributed by atoms with van der Waals surface area (Å²) in [6.45, 7) is 15.0. The van der Waals surface area contributed by atoms with E-state index in [4.69, 9.17) is 19.7 Å². The van der Waals surface area contributed by atoms with Crippen LogP contribution in [0.3, 0.4) is 0 Å². The Kier molecular flexibility index (Phi) is 17.8. The maximum atomic E-state index is 6.45. The zero-order valence-electron chi connectivity index (χ0n) is 13.7. The Morgan fingerprint density at radius 2 is 0.909 bits per heavy atom. The zero-order valence-corrected chi connectivity index (χ0v) is 16.7. The summed E-state index contributed by atoms with van der Waals surface area (Å²) >= 11 is 0. The lowest BCUT2D eigenvalue weighted by atomic mass is 10.5. The predicted molar refractivity (Wildman–Crippen MR) is 112 cm³/mol. The van der Waals surface area contributed by atoms with Gasteiger partial charge in [-0.05, 0) is 77.3 Å². The lowest BCUT2D eigenvalue weighted by Gasteiger charge is -2.38. The molecule has 0 aliphatic rings. The first kappa shape index (κ1) is 30.4. The van der Waals surface area contributed by atoms with E-state index in [9.17, 15) is 0 Å². The van der Waals surface area contributed by atoms with E-state index in [0.717, 1.165) is 38.0 Å². The lowest BCUT2D eigenvalue weighted by Crippen LogP contribution is -2.52. The second-order valence-corrected chi connectivity index (χ2v) is 19.4. The van der Waals surface area contributed by atoms with Gasteiger partial charge in [-0.3, -0.25) is 0 Å². The first-order valence-corrected chi connectivity index (χ1v) is 16.4. The molecule has 4 nitrogen and oxygen atoms in total. The van der Waals surface area contributed by atoms with Gasteiger partial charge in [-0.2, -0.15) is 0 Å². The van der Waals surface area contributed by atoms with Crippen molar-refractivity contribution in [2.24, 2.45) is 11.5 Å². The van der Waals surface area contributed by atoms with Crippen molar-refractivity contribution in [1.82, 2.24) is 0 Å². The molecule has 0 saturated carbocycles. The molecule has 22 heavy (non-hydrogen) atoms. The summed E-state index contributed by atoms with van der Waals surface area (Å²) < 4.78 is 12.9. The fraction of sp³-hybridized carbons (Fsp3) is 1.00. The third-order valence-electron chi connectivity index (χ3n) is 3.01. The van der Waals surface area contributed by atoms with E-state index in [2.05, 4.69) is 39.3 Å². The number of nitrogens with two attached hydrogens (primary N) is 2. The minimum atomic E-state index is -2.03. The quantitative estimate of drug-likeness (QED) is 0.545. The molecule has 0 fully saturated rings. The summed E-state index contributed by atoms with van der Waals surface area (Å²) in [7, 11) is -5.31. The minimum absolute atomic E-state index is 0. The highest BCUT2D eigenvalue weighted by Crippen LogP contribution is 2.25. The summed E-state index contributed by atoms with van der Waals surface area (Å²) in [4.78, 5) is 0. The van der Waals surface area contributed by atoms with Gasteiger partial charge in [0.05, 0.1) is 0 Å². The summed E-state index contributed by atoms with van der Waals surface area (Å²) in [5.74, 6) is 0. The molecule has 0 amide bonds. The van der Waals surface area contributed by atoms with Gasteiger partial charge in [0.2, 0.25) is 0 Å². The molecule has 0 aromatic rings. The molecule has 4 N–H and O–H groups in total. The largest absolute Gasteiger partial charge is 0.437 e. The number of hydrogen-bond acceptors (Lipinski definition) is 4. The van der Waals surface area contributed by atoms with Crippen LogP contribution in [0.5, 0.6) is 0 Å². The van der Waals surface area contributed by atoms with E-state index in [0.29, 0.717) is 0 Å². The minimum Gasteiger partial charge on any atom is -0.437 e. The molecule has 0 aromatic heterocycles. The smallest absolute Gasteiger partial charge is 0.311 e. The molecule has 0 spiro atoms. The highest BCUT2D eigenvalue weighted by molar-refractivity contribution is 6.87. The number of rotatable bonds is 10. The molecule has 140 valence electrons. The van der Waals surface area contributed by atoms with Crippen LogP contribution in [0.15, 0.2) is 0 Å². The van der Waals surface area contributed by atoms with Crippen LogP contribution in [-0.4, -0.2) is 38.3 Å². The fourth-order valence-electron chi connectivity index (χ4n) is 2.51. The molecule has 7 heteroatoms. The molecule has 0 aromatic carbocycles. The van der Waals surface area contributed by atoms with E-state index in [1.807, 2.05) is 0 Å². The van der Waals surface area contributed by atoms with Crippen LogP contribution in [0, 0.1) is 0 Å². The summed E-state index contributed by atoms with van der Waals surface area (Å²) in [5, 5.41) is 0. The van der Waals surface area contributed by atoms with Gasteiger partial charge < -0.3 is 19.7 Å². The topological polar surface area (TPSA) is 70.5 Å². The van der Waals surface area contributed by atoms with Crippen molar-refractivity contribution >= 4 is 25.2 Å². The lowest BCUT2D eigenvalue weighted by molar-refractivity contribution is 0.387. The van der Waals surface area contributed by atoms with E-state index in [-0.39, 0.29) is 22.3 Å². The van der Waals surface area contributed by atoms with Gasteiger partial charge in [0.25, 0.3) is 0 Å². The zero-order chi connectivity index (χ0) is 15.2. The van der Waals surface area contributed by atoms with Gasteiger partial charge in [0.15, 0.2) is 16.6 Å². The van der Waals surface area contributed by atoms with Crippen molar-refractivity contribution in [1.29, 1.82) is 0 Å². The van der Waals surface area contributed by atoms with Crippen molar-refractivity contribution in [2.75, 3.05) is 13.1 Å². The van der Waals surface area contributed by atoms with Crippen LogP contribution in [0.25, 0.3) is 0 Å². The third kappa shape index (κ3) is 15.4. The second kappa shape index (κ2) is 12.9. The van der Waals surface area contributed by atoms with Crippen LogP contribution in [0.2, 0.25) is 51.4 Å². The van der Waals surface area contributed by atoms with Crippen LogP contribution in [0.4, 0.5) is 0 Å². The van der Waals surface area contributed by atoms with E-state index >= 15 is 0 Å². The maximum absolute atomic E-state index is 6.45. The second-order valence-electron chi connectivity index (χ2n) is 6.91. The molecule has 0 atom stereocenters. The van der Waals surface area contributed by atoms with Crippen LogP contribution in [0.1, 0.15) is 35.1 Å². The molecular formula is C15H46N2O2Si3. The van der Waals surface area contributed by atoms with Gasteiger partial charge in [-0.1, -0.05) is 22.3 Å². The van der Waals surface area contributed by atoms with Crippen molar-refractivity contribution < 1.29 is 8.23 Å². The van der Waals surface area contributed by atoms with Gasteiger partial charge in [-0.25, -0.2) is 0 Å². The Morgan fingerprint density at radius 1 is 0.636 bits per heavy atom. The molecule has 0 aliphatic heterocycles. The monoisotopic (exact) mass is 370 g/mol. The van der Waals surface area contributed by atoms with Crippen molar-refractivity contribution in [3.05, 3.63) is 0 Å². The Morgan fingerprint density at radius 3 is 1.14 bits per heavy atom. The molecule has 0 rings (SSSR count). The standard InChI is InChI=1S/C12H34N2O2Si3.3CH4/c1-17(2,11-7-9-13)15-19(5,6)16-18(3,4)12-8-10-14;;;/h7-14H2,1-6H3;3*1H4. The van der Waals surface area contributed by atoms with Crippen LogP contribution in [-0.2, 0) is 8.23 Å². The molecular weight excluding hydrogens is 324 g/mol. The van der Waals surface area contributed by atoms with Gasteiger partial charge in [0.1, 0.15) is 0 Å². The Bertz CT molecular complexity index is 239. The van der Waals surface area contributed by atoms with Gasteiger partial charge in [0, 0.05) is 0 Å². The maximum Gasteiger partial charge on any atom is 0.311 e. The van der Waals surface area contributed by atoms with Crippen molar-refractivity contribution in [3.8, 4) is 0 Å².